The van der Waals surface area contributed by atoms with Gasteiger partial charge in [-0.25, -0.2) is 4.98 Å². The first kappa shape index (κ1) is 16.3. The van der Waals surface area contributed by atoms with Crippen LogP contribution in [0.25, 0.3) is 11.3 Å². The van der Waals surface area contributed by atoms with E-state index in [1.54, 1.807) is 36.1 Å². The van der Waals surface area contributed by atoms with Crippen LogP contribution in [0.4, 0.5) is 0 Å². The molecule has 0 saturated carbocycles. The van der Waals surface area contributed by atoms with Crippen molar-refractivity contribution in [3.8, 4) is 11.3 Å². The summed E-state index contributed by atoms with van der Waals surface area (Å²) in [7, 11) is 0. The van der Waals surface area contributed by atoms with Crippen molar-refractivity contribution in [2.45, 2.75) is 25.8 Å². The van der Waals surface area contributed by atoms with E-state index in [1.807, 2.05) is 36.6 Å². The molecule has 0 aliphatic rings. The van der Waals surface area contributed by atoms with E-state index in [-0.39, 0.29) is 11.9 Å². The Labute approximate surface area is 144 Å². The van der Waals surface area contributed by atoms with Gasteiger partial charge < -0.3 is 5.32 Å². The Bertz CT molecular complexity index is 789. The maximum atomic E-state index is 12.1. The van der Waals surface area contributed by atoms with Crippen LogP contribution >= 0.6 is 11.3 Å². The summed E-state index contributed by atoms with van der Waals surface area (Å²) in [6.07, 6.45) is 8.15. The summed E-state index contributed by atoms with van der Waals surface area (Å²) >= 11 is 1.55. The van der Waals surface area contributed by atoms with E-state index in [9.17, 15) is 4.79 Å². The number of hydrogen-bond acceptors (Lipinski definition) is 5. The van der Waals surface area contributed by atoms with Gasteiger partial charge in [0.25, 0.3) is 0 Å². The summed E-state index contributed by atoms with van der Waals surface area (Å²) in [5.41, 5.74) is 3.01. The fourth-order valence-corrected chi connectivity index (χ4v) is 3.16. The molecular formula is C18H18N4OS. The SMILES string of the molecule is CC(NC(=O)CCc1cccnc1)c1nc(-c2ccncc2)cs1. The molecule has 0 bridgehead atoms. The van der Waals surface area contributed by atoms with Gasteiger partial charge in [0, 0.05) is 42.2 Å². The van der Waals surface area contributed by atoms with Gasteiger partial charge in [0.2, 0.25) is 5.91 Å². The summed E-state index contributed by atoms with van der Waals surface area (Å²) in [6, 6.07) is 7.61. The van der Waals surface area contributed by atoms with E-state index in [0.717, 1.165) is 21.8 Å². The monoisotopic (exact) mass is 338 g/mol. The lowest BCUT2D eigenvalue weighted by molar-refractivity contribution is -0.121. The van der Waals surface area contributed by atoms with Crippen molar-refractivity contribution < 1.29 is 4.79 Å². The van der Waals surface area contributed by atoms with E-state index in [2.05, 4.69) is 20.3 Å². The third kappa shape index (κ3) is 4.23. The Morgan fingerprint density at radius 2 is 2.04 bits per heavy atom. The summed E-state index contributed by atoms with van der Waals surface area (Å²) in [5, 5.41) is 5.91. The Balaban J connectivity index is 1.56. The number of pyridine rings is 2. The number of aryl methyl sites for hydroxylation is 1. The second-order valence-corrected chi connectivity index (χ2v) is 6.35. The maximum absolute atomic E-state index is 12.1. The molecule has 3 aromatic heterocycles. The minimum atomic E-state index is -0.105. The number of aromatic nitrogens is 3. The van der Waals surface area contributed by atoms with Crippen molar-refractivity contribution >= 4 is 17.2 Å². The Morgan fingerprint density at radius 3 is 2.79 bits per heavy atom. The highest BCUT2D eigenvalue weighted by molar-refractivity contribution is 7.10. The Hall–Kier alpha value is -2.60. The lowest BCUT2D eigenvalue weighted by Gasteiger charge is -2.11. The predicted octanol–water partition coefficient (Wildman–Crippen LogP) is 3.41. The van der Waals surface area contributed by atoms with Crippen LogP contribution in [0, 0.1) is 0 Å². The van der Waals surface area contributed by atoms with Crippen molar-refractivity contribution in [2.75, 3.05) is 0 Å². The highest BCUT2D eigenvalue weighted by Gasteiger charge is 2.14. The van der Waals surface area contributed by atoms with Gasteiger partial charge in [-0.05, 0) is 37.1 Å². The van der Waals surface area contributed by atoms with Crippen molar-refractivity contribution in [2.24, 2.45) is 0 Å². The predicted molar refractivity (Wildman–Crippen MR) is 94.5 cm³/mol. The Morgan fingerprint density at radius 1 is 1.21 bits per heavy atom. The van der Waals surface area contributed by atoms with E-state index in [1.165, 1.54) is 0 Å². The van der Waals surface area contributed by atoms with Crippen LogP contribution in [0.2, 0.25) is 0 Å². The molecule has 3 aromatic rings. The first-order valence-electron chi connectivity index (χ1n) is 7.76. The number of carbonyl (C=O) groups excluding carboxylic acids is 1. The molecule has 0 radical (unpaired) electrons. The van der Waals surface area contributed by atoms with Crippen molar-refractivity contribution in [3.05, 3.63) is 65.0 Å². The summed E-state index contributed by atoms with van der Waals surface area (Å²) in [6.45, 7) is 1.96. The van der Waals surface area contributed by atoms with Crippen molar-refractivity contribution in [1.82, 2.24) is 20.3 Å². The number of thiazole rings is 1. The minimum Gasteiger partial charge on any atom is -0.347 e. The van der Waals surface area contributed by atoms with Crippen molar-refractivity contribution in [1.29, 1.82) is 0 Å². The zero-order valence-electron chi connectivity index (χ0n) is 13.3. The normalized spacial score (nSPS) is 11.9. The van der Waals surface area contributed by atoms with Gasteiger partial charge in [-0.1, -0.05) is 6.07 Å². The first-order valence-corrected chi connectivity index (χ1v) is 8.64. The van der Waals surface area contributed by atoms with Crippen LogP contribution in [-0.2, 0) is 11.2 Å². The molecule has 24 heavy (non-hydrogen) atoms. The lowest BCUT2D eigenvalue weighted by atomic mass is 10.1. The molecule has 0 aliphatic carbocycles. The third-order valence-electron chi connectivity index (χ3n) is 3.61. The van der Waals surface area contributed by atoms with Crippen LogP contribution in [0.5, 0.6) is 0 Å². The van der Waals surface area contributed by atoms with E-state index in [4.69, 9.17) is 0 Å². The number of rotatable bonds is 6. The quantitative estimate of drug-likeness (QED) is 0.748. The second-order valence-electron chi connectivity index (χ2n) is 5.46. The smallest absolute Gasteiger partial charge is 0.220 e. The number of nitrogens with zero attached hydrogens (tertiary/aromatic N) is 3. The molecule has 0 aromatic carbocycles. The van der Waals surface area contributed by atoms with Gasteiger partial charge in [-0.3, -0.25) is 14.8 Å². The number of nitrogens with one attached hydrogen (secondary N) is 1. The minimum absolute atomic E-state index is 0.0204. The molecule has 0 fully saturated rings. The number of hydrogen-bond donors (Lipinski definition) is 1. The number of carbonyl (C=O) groups is 1. The second kappa shape index (κ2) is 7.79. The van der Waals surface area contributed by atoms with Gasteiger partial charge in [0.05, 0.1) is 11.7 Å². The standard InChI is InChI=1S/C18H18N4OS/c1-13(21-17(23)5-4-14-3-2-8-20-11-14)18-22-16(12-24-18)15-6-9-19-10-7-15/h2-3,6-13H,4-5H2,1H3,(H,21,23). The average molecular weight is 338 g/mol. The zero-order valence-corrected chi connectivity index (χ0v) is 14.2. The summed E-state index contributed by atoms with van der Waals surface area (Å²) in [4.78, 5) is 24.8. The van der Waals surface area contributed by atoms with E-state index < -0.39 is 0 Å². The molecule has 6 heteroatoms. The molecule has 3 rings (SSSR count). The molecule has 1 N–H and O–H groups in total. The van der Waals surface area contributed by atoms with Crippen LogP contribution in [0.1, 0.15) is 30.0 Å². The fourth-order valence-electron chi connectivity index (χ4n) is 2.32. The van der Waals surface area contributed by atoms with E-state index in [0.29, 0.717) is 12.8 Å². The molecule has 122 valence electrons. The van der Waals surface area contributed by atoms with Crippen LogP contribution < -0.4 is 5.32 Å². The first-order chi connectivity index (χ1) is 11.7. The van der Waals surface area contributed by atoms with Gasteiger partial charge in [0.1, 0.15) is 5.01 Å². The Kier molecular flexibility index (Phi) is 5.28. The highest BCUT2D eigenvalue weighted by atomic mass is 32.1. The summed E-state index contributed by atoms with van der Waals surface area (Å²) < 4.78 is 0. The van der Waals surface area contributed by atoms with Crippen molar-refractivity contribution in [3.63, 3.8) is 0 Å². The molecule has 3 heterocycles. The molecular weight excluding hydrogens is 320 g/mol. The zero-order chi connectivity index (χ0) is 16.8. The molecule has 1 atom stereocenters. The summed E-state index contributed by atoms with van der Waals surface area (Å²) in [5.74, 6) is 0.0204. The van der Waals surface area contributed by atoms with Crippen LogP contribution in [-0.4, -0.2) is 20.9 Å². The molecule has 1 amide bonds. The van der Waals surface area contributed by atoms with Gasteiger partial charge >= 0.3 is 0 Å². The largest absolute Gasteiger partial charge is 0.347 e. The molecule has 0 aliphatic heterocycles. The average Bonchev–Trinajstić information content (AvgIpc) is 3.12. The van der Waals surface area contributed by atoms with Crippen LogP contribution in [0.3, 0.4) is 0 Å². The van der Waals surface area contributed by atoms with Gasteiger partial charge in [-0.15, -0.1) is 11.3 Å². The molecule has 0 spiro atoms. The molecule has 1 unspecified atom stereocenters. The van der Waals surface area contributed by atoms with Gasteiger partial charge in [-0.2, -0.15) is 0 Å². The lowest BCUT2D eigenvalue weighted by Crippen LogP contribution is -2.26. The molecule has 0 saturated heterocycles. The van der Waals surface area contributed by atoms with E-state index >= 15 is 0 Å². The highest BCUT2D eigenvalue weighted by Crippen LogP contribution is 2.25. The number of amides is 1. The van der Waals surface area contributed by atoms with Crippen LogP contribution in [0.15, 0.2) is 54.4 Å². The maximum Gasteiger partial charge on any atom is 0.220 e. The molecule has 5 nitrogen and oxygen atoms in total. The third-order valence-corrected chi connectivity index (χ3v) is 4.64. The van der Waals surface area contributed by atoms with Gasteiger partial charge in [0.15, 0.2) is 0 Å². The topological polar surface area (TPSA) is 67.8 Å². The fraction of sp³-hybridized carbons (Fsp3) is 0.222.